The fourth-order valence-corrected chi connectivity index (χ4v) is 4.40. The van der Waals surface area contributed by atoms with E-state index in [2.05, 4.69) is 17.4 Å². The number of nitrogens with one attached hydrogen (secondary N) is 1. The van der Waals surface area contributed by atoms with E-state index in [4.69, 9.17) is 9.47 Å². The van der Waals surface area contributed by atoms with E-state index in [1.807, 2.05) is 17.8 Å². The predicted molar refractivity (Wildman–Crippen MR) is 79.2 cm³/mol. The van der Waals surface area contributed by atoms with Crippen molar-refractivity contribution in [3.8, 4) is 5.75 Å². The minimum absolute atomic E-state index is 0.175. The van der Waals surface area contributed by atoms with E-state index in [0.29, 0.717) is 5.25 Å². The van der Waals surface area contributed by atoms with Gasteiger partial charge < -0.3 is 9.47 Å². The number of ether oxygens (including phenoxy) is 2. The number of esters is 1. The quantitative estimate of drug-likeness (QED) is 0.844. The molecule has 3 rings (SSSR count). The molecule has 0 amide bonds. The zero-order valence-corrected chi connectivity index (χ0v) is 12.5. The van der Waals surface area contributed by atoms with Gasteiger partial charge in [-0.2, -0.15) is 11.8 Å². The fraction of sp³-hybridized carbons (Fsp3) is 0.533. The molecule has 1 N–H and O–H groups in total. The maximum Gasteiger partial charge on any atom is 0.323 e. The van der Waals surface area contributed by atoms with E-state index in [9.17, 15) is 4.79 Å². The Kier molecular flexibility index (Phi) is 3.89. The van der Waals surface area contributed by atoms with Gasteiger partial charge in [0, 0.05) is 17.0 Å². The maximum absolute atomic E-state index is 11.8. The van der Waals surface area contributed by atoms with E-state index in [-0.39, 0.29) is 18.1 Å². The van der Waals surface area contributed by atoms with E-state index >= 15 is 0 Å². The molecular weight excluding hydrogens is 274 g/mol. The van der Waals surface area contributed by atoms with Crippen LogP contribution in [0.15, 0.2) is 18.2 Å². The van der Waals surface area contributed by atoms with Gasteiger partial charge >= 0.3 is 5.97 Å². The van der Waals surface area contributed by atoms with E-state index in [1.54, 1.807) is 7.11 Å². The summed E-state index contributed by atoms with van der Waals surface area (Å²) in [6, 6.07) is 6.23. The van der Waals surface area contributed by atoms with Crippen LogP contribution in [0.1, 0.15) is 23.6 Å². The number of hydrogen-bond acceptors (Lipinski definition) is 5. The van der Waals surface area contributed by atoms with Gasteiger partial charge in [0.25, 0.3) is 0 Å². The lowest BCUT2D eigenvalue weighted by molar-refractivity contribution is -0.142. The molecule has 1 aromatic rings. The van der Waals surface area contributed by atoms with E-state index < -0.39 is 0 Å². The van der Waals surface area contributed by atoms with Gasteiger partial charge in [-0.3, -0.25) is 10.1 Å². The van der Waals surface area contributed by atoms with Crippen molar-refractivity contribution in [1.29, 1.82) is 0 Å². The average molecular weight is 293 g/mol. The van der Waals surface area contributed by atoms with Crippen LogP contribution < -0.4 is 10.1 Å². The average Bonchev–Trinajstić information content (AvgIpc) is 2.52. The third-order valence-corrected chi connectivity index (χ3v) is 5.56. The van der Waals surface area contributed by atoms with Crippen LogP contribution in [0, 0.1) is 0 Å². The third kappa shape index (κ3) is 2.40. The van der Waals surface area contributed by atoms with Gasteiger partial charge in [0.2, 0.25) is 0 Å². The molecule has 1 aromatic carbocycles. The number of carbonyl (C=O) groups is 1. The van der Waals surface area contributed by atoms with Crippen molar-refractivity contribution >= 4 is 17.7 Å². The Morgan fingerprint density at radius 1 is 1.40 bits per heavy atom. The lowest BCUT2D eigenvalue weighted by Gasteiger charge is -2.40. The van der Waals surface area contributed by atoms with Crippen LogP contribution in [0.3, 0.4) is 0 Å². The van der Waals surface area contributed by atoms with Crippen LogP contribution in [0.2, 0.25) is 0 Å². The smallest absolute Gasteiger partial charge is 0.323 e. The minimum atomic E-state index is -0.219. The van der Waals surface area contributed by atoms with Crippen molar-refractivity contribution in [2.24, 2.45) is 0 Å². The zero-order chi connectivity index (χ0) is 14.1. The molecule has 108 valence electrons. The lowest BCUT2D eigenvalue weighted by Crippen LogP contribution is -2.50. The van der Waals surface area contributed by atoms with E-state index in [0.717, 1.165) is 24.3 Å². The Labute approximate surface area is 123 Å². The second-order valence-electron chi connectivity index (χ2n) is 5.20. The molecule has 0 spiro atoms. The second kappa shape index (κ2) is 5.66. The molecule has 0 saturated carbocycles. The van der Waals surface area contributed by atoms with Crippen LogP contribution in [0.25, 0.3) is 0 Å². The first-order valence-corrected chi connectivity index (χ1v) is 7.90. The van der Waals surface area contributed by atoms with Gasteiger partial charge in [0.15, 0.2) is 0 Å². The van der Waals surface area contributed by atoms with Crippen molar-refractivity contribution in [1.82, 2.24) is 5.32 Å². The molecule has 4 nitrogen and oxygen atoms in total. The summed E-state index contributed by atoms with van der Waals surface area (Å²) in [5, 5.41) is 3.99. The molecule has 0 bridgehead atoms. The van der Waals surface area contributed by atoms with Gasteiger partial charge in [0.05, 0.1) is 14.2 Å². The molecule has 1 heterocycles. The van der Waals surface area contributed by atoms with Crippen molar-refractivity contribution < 1.29 is 14.3 Å². The van der Waals surface area contributed by atoms with Gasteiger partial charge in [0.1, 0.15) is 11.8 Å². The van der Waals surface area contributed by atoms with Crippen molar-refractivity contribution in [2.75, 3.05) is 20.0 Å². The first kappa shape index (κ1) is 13.8. The number of carbonyl (C=O) groups excluding carboxylic acids is 1. The van der Waals surface area contributed by atoms with Crippen LogP contribution in [-0.4, -0.2) is 37.2 Å². The van der Waals surface area contributed by atoms with Gasteiger partial charge in [-0.1, -0.05) is 6.07 Å². The topological polar surface area (TPSA) is 47.6 Å². The molecule has 1 aliphatic heterocycles. The molecule has 1 saturated heterocycles. The molecule has 2 aliphatic rings. The highest BCUT2D eigenvalue weighted by Gasteiger charge is 2.38. The summed E-state index contributed by atoms with van der Waals surface area (Å²) in [4.78, 5) is 11.8. The Balaban J connectivity index is 1.89. The van der Waals surface area contributed by atoms with Crippen LogP contribution in [-0.2, 0) is 16.0 Å². The van der Waals surface area contributed by atoms with Crippen molar-refractivity contribution in [3.05, 3.63) is 29.3 Å². The molecule has 1 fully saturated rings. The summed E-state index contributed by atoms with van der Waals surface area (Å²) in [6.07, 6.45) is 2.24. The number of rotatable bonds is 2. The standard InChI is InChI=1S/C15H19NO3S/c1-18-10-5-3-9-4-6-13-14(11(9)7-10)16-12(8-20-13)15(17)19-2/h3,5,7,12-14,16H,4,6,8H2,1-2H3. The predicted octanol–water partition coefficient (Wildman–Crippen LogP) is 1.93. The SMILES string of the molecule is COC(=O)C1CSC2CCc3ccc(OC)cc3C2N1. The fourth-order valence-electron chi connectivity index (χ4n) is 3.02. The largest absolute Gasteiger partial charge is 0.497 e. The maximum atomic E-state index is 11.8. The summed E-state index contributed by atoms with van der Waals surface area (Å²) >= 11 is 1.87. The number of fused-ring (bicyclic) bond motifs is 3. The molecule has 20 heavy (non-hydrogen) atoms. The molecule has 1 aliphatic carbocycles. The highest BCUT2D eigenvalue weighted by atomic mass is 32.2. The highest BCUT2D eigenvalue weighted by molar-refractivity contribution is 8.00. The highest BCUT2D eigenvalue weighted by Crippen LogP contribution is 2.41. The Morgan fingerprint density at radius 3 is 3.00 bits per heavy atom. The van der Waals surface area contributed by atoms with Crippen molar-refractivity contribution in [3.63, 3.8) is 0 Å². The Hall–Kier alpha value is -1.20. The monoisotopic (exact) mass is 293 g/mol. The number of hydrogen-bond donors (Lipinski definition) is 1. The molecule has 3 unspecified atom stereocenters. The second-order valence-corrected chi connectivity index (χ2v) is 6.47. The first-order chi connectivity index (χ1) is 9.72. The van der Waals surface area contributed by atoms with E-state index in [1.165, 1.54) is 18.2 Å². The normalized spacial score (nSPS) is 28.2. The summed E-state index contributed by atoms with van der Waals surface area (Å²) in [5.41, 5.74) is 2.62. The molecular formula is C15H19NO3S. The first-order valence-electron chi connectivity index (χ1n) is 6.85. The van der Waals surface area contributed by atoms with Crippen molar-refractivity contribution in [2.45, 2.75) is 30.2 Å². The summed E-state index contributed by atoms with van der Waals surface area (Å²) < 4.78 is 10.2. The van der Waals surface area contributed by atoms with Gasteiger partial charge in [-0.25, -0.2) is 0 Å². The summed E-state index contributed by atoms with van der Waals surface area (Å²) in [7, 11) is 3.13. The molecule has 0 radical (unpaired) electrons. The number of aryl methyl sites for hydroxylation is 1. The summed E-state index contributed by atoms with van der Waals surface area (Å²) in [5.74, 6) is 1.48. The molecule has 3 atom stereocenters. The third-order valence-electron chi connectivity index (χ3n) is 4.10. The molecule has 0 aromatic heterocycles. The van der Waals surface area contributed by atoms with Gasteiger partial charge in [-0.15, -0.1) is 0 Å². The Morgan fingerprint density at radius 2 is 2.25 bits per heavy atom. The number of methoxy groups -OCH3 is 2. The minimum Gasteiger partial charge on any atom is -0.497 e. The lowest BCUT2D eigenvalue weighted by atomic mass is 9.86. The van der Waals surface area contributed by atoms with Crippen LogP contribution in [0.4, 0.5) is 0 Å². The van der Waals surface area contributed by atoms with Crippen LogP contribution in [0.5, 0.6) is 5.75 Å². The van der Waals surface area contributed by atoms with Gasteiger partial charge in [-0.05, 0) is 36.1 Å². The number of thioether (sulfide) groups is 1. The van der Waals surface area contributed by atoms with Crippen LogP contribution >= 0.6 is 11.8 Å². The number of benzene rings is 1. The molecule has 5 heteroatoms. The zero-order valence-electron chi connectivity index (χ0n) is 11.7. The summed E-state index contributed by atoms with van der Waals surface area (Å²) in [6.45, 7) is 0. The Bertz CT molecular complexity index is 520.